The summed E-state index contributed by atoms with van der Waals surface area (Å²) in [7, 11) is 0. The van der Waals surface area contributed by atoms with Gasteiger partial charge in [-0.15, -0.1) is 11.6 Å². The molecule has 0 aliphatic heterocycles. The Morgan fingerprint density at radius 2 is 2.13 bits per heavy atom. The van der Waals surface area contributed by atoms with Crippen molar-refractivity contribution in [1.29, 1.82) is 0 Å². The fourth-order valence-electron chi connectivity index (χ4n) is 0.952. The second-order valence-corrected chi connectivity index (χ2v) is 3.14. The molecule has 0 bridgehead atoms. The van der Waals surface area contributed by atoms with Gasteiger partial charge in [-0.05, 0) is 6.07 Å². The molecule has 7 heteroatoms. The number of ether oxygens (including phenoxy) is 1. The summed E-state index contributed by atoms with van der Waals surface area (Å²) in [5.74, 6) is 0.368. The van der Waals surface area contributed by atoms with Crippen molar-refractivity contribution in [2.45, 2.75) is 12.7 Å². The van der Waals surface area contributed by atoms with Gasteiger partial charge in [0.05, 0.1) is 19.8 Å². The summed E-state index contributed by atoms with van der Waals surface area (Å²) in [5, 5.41) is 3.36. The van der Waals surface area contributed by atoms with Gasteiger partial charge in [0.25, 0.3) is 0 Å². The Morgan fingerprint density at radius 3 is 2.67 bits per heavy atom. The van der Waals surface area contributed by atoms with Crippen LogP contribution in [0.5, 0.6) is 0 Å². The molecule has 0 aliphatic carbocycles. The molecule has 0 saturated carbocycles. The molecule has 0 atom stereocenters. The van der Waals surface area contributed by atoms with Gasteiger partial charge in [-0.1, -0.05) is 0 Å². The summed E-state index contributed by atoms with van der Waals surface area (Å²) >= 11 is 5.35. The molecule has 0 radical (unpaired) electrons. The maximum absolute atomic E-state index is 12.1. The molecule has 1 aromatic rings. The average molecular weight is 243 g/mol. The minimum absolute atomic E-state index is 0.285. The molecule has 0 aromatic carbocycles. The molecule has 0 amide bonds. The lowest BCUT2D eigenvalue weighted by atomic mass is 10.4. The van der Waals surface area contributed by atoms with Gasteiger partial charge in [-0.3, -0.25) is 4.68 Å². The van der Waals surface area contributed by atoms with Crippen molar-refractivity contribution in [2.75, 3.05) is 19.1 Å². The van der Waals surface area contributed by atoms with E-state index in [-0.39, 0.29) is 6.54 Å². The third-order valence-corrected chi connectivity index (χ3v) is 1.77. The largest absolute Gasteiger partial charge is 0.435 e. The number of rotatable bonds is 5. The Bertz CT molecular complexity index is 300. The number of alkyl halides is 4. The zero-order valence-electron chi connectivity index (χ0n) is 7.80. The summed E-state index contributed by atoms with van der Waals surface area (Å²) < 4.78 is 42.6. The van der Waals surface area contributed by atoms with Crippen molar-refractivity contribution in [3.63, 3.8) is 0 Å². The number of hydrogen-bond donors (Lipinski definition) is 0. The molecule has 1 aromatic heterocycles. The van der Waals surface area contributed by atoms with Crippen LogP contribution in [0.4, 0.5) is 13.2 Å². The Balaban J connectivity index is 2.40. The number of nitrogens with zero attached hydrogens (tertiary/aromatic N) is 2. The molecule has 0 fully saturated rings. The van der Waals surface area contributed by atoms with Gasteiger partial charge >= 0.3 is 6.18 Å². The van der Waals surface area contributed by atoms with E-state index in [1.54, 1.807) is 0 Å². The van der Waals surface area contributed by atoms with Gasteiger partial charge in [-0.2, -0.15) is 18.3 Å². The molecule has 86 valence electrons. The summed E-state index contributed by atoms with van der Waals surface area (Å²) in [4.78, 5) is 0. The maximum Gasteiger partial charge on any atom is 0.435 e. The first kappa shape index (κ1) is 12.3. The molecular weight excluding hydrogens is 233 g/mol. The van der Waals surface area contributed by atoms with Crippen molar-refractivity contribution in [1.82, 2.24) is 9.78 Å². The molecule has 3 nitrogen and oxygen atoms in total. The molecule has 15 heavy (non-hydrogen) atoms. The van der Waals surface area contributed by atoms with E-state index < -0.39 is 11.9 Å². The van der Waals surface area contributed by atoms with Crippen LogP contribution < -0.4 is 0 Å². The first-order valence-electron chi connectivity index (χ1n) is 4.28. The molecule has 0 aliphatic rings. The molecule has 1 heterocycles. The van der Waals surface area contributed by atoms with Crippen LogP contribution >= 0.6 is 11.6 Å². The highest BCUT2D eigenvalue weighted by atomic mass is 35.5. The predicted molar refractivity (Wildman–Crippen MR) is 48.8 cm³/mol. The van der Waals surface area contributed by atoms with Crippen molar-refractivity contribution < 1.29 is 17.9 Å². The van der Waals surface area contributed by atoms with E-state index in [1.807, 2.05) is 0 Å². The van der Waals surface area contributed by atoms with E-state index >= 15 is 0 Å². The van der Waals surface area contributed by atoms with Gasteiger partial charge in [-0.25, -0.2) is 0 Å². The fraction of sp³-hybridized carbons (Fsp3) is 0.625. The third kappa shape index (κ3) is 4.09. The van der Waals surface area contributed by atoms with Crippen LogP contribution in [-0.2, 0) is 17.5 Å². The predicted octanol–water partition coefficient (Wildman–Crippen LogP) is 2.16. The third-order valence-electron chi connectivity index (χ3n) is 1.62. The van der Waals surface area contributed by atoms with E-state index in [4.69, 9.17) is 16.3 Å². The van der Waals surface area contributed by atoms with E-state index in [0.29, 0.717) is 19.1 Å². The minimum atomic E-state index is -4.39. The van der Waals surface area contributed by atoms with Crippen LogP contribution in [-0.4, -0.2) is 28.9 Å². The van der Waals surface area contributed by atoms with Gasteiger partial charge in [0, 0.05) is 12.1 Å². The monoisotopic (exact) mass is 242 g/mol. The number of aromatic nitrogens is 2. The first-order chi connectivity index (χ1) is 7.04. The SMILES string of the molecule is FC(F)(F)c1ccn(CCOCCCl)n1. The molecule has 0 saturated heterocycles. The van der Waals surface area contributed by atoms with Crippen LogP contribution in [0, 0.1) is 0 Å². The smallest absolute Gasteiger partial charge is 0.378 e. The zero-order valence-corrected chi connectivity index (χ0v) is 8.55. The summed E-state index contributed by atoms with van der Waals surface area (Å²) in [6.45, 7) is 0.966. The highest BCUT2D eigenvalue weighted by Crippen LogP contribution is 2.27. The van der Waals surface area contributed by atoms with Crippen LogP contribution in [0.25, 0.3) is 0 Å². The quantitative estimate of drug-likeness (QED) is 0.584. The maximum atomic E-state index is 12.1. The Labute approximate surface area is 89.8 Å². The van der Waals surface area contributed by atoms with Gasteiger partial charge in [0.2, 0.25) is 0 Å². The molecule has 0 N–H and O–H groups in total. The number of halogens is 4. The first-order valence-corrected chi connectivity index (χ1v) is 4.82. The lowest BCUT2D eigenvalue weighted by molar-refractivity contribution is -0.141. The standard InChI is InChI=1S/C8H10ClF3N2O/c9-2-5-15-6-4-14-3-1-7(13-14)8(10,11)12/h1,3H,2,4-6H2. The van der Waals surface area contributed by atoms with E-state index in [1.165, 1.54) is 10.9 Å². The van der Waals surface area contributed by atoms with Gasteiger partial charge in [0.15, 0.2) is 5.69 Å². The topological polar surface area (TPSA) is 27.1 Å². The van der Waals surface area contributed by atoms with Gasteiger partial charge < -0.3 is 4.74 Å². The summed E-state index contributed by atoms with van der Waals surface area (Å²) in [6.07, 6.45) is -3.12. The lowest BCUT2D eigenvalue weighted by Crippen LogP contribution is -2.11. The Morgan fingerprint density at radius 1 is 1.40 bits per heavy atom. The Hall–Kier alpha value is -0.750. The van der Waals surface area contributed by atoms with E-state index in [2.05, 4.69) is 5.10 Å². The molecule has 0 unspecified atom stereocenters. The fourth-order valence-corrected chi connectivity index (χ4v) is 1.06. The summed E-state index contributed by atoms with van der Waals surface area (Å²) in [5.41, 5.74) is -0.889. The van der Waals surface area contributed by atoms with E-state index in [0.717, 1.165) is 6.07 Å². The van der Waals surface area contributed by atoms with Crippen LogP contribution in [0.2, 0.25) is 0 Å². The highest BCUT2D eigenvalue weighted by Gasteiger charge is 2.33. The second-order valence-electron chi connectivity index (χ2n) is 2.76. The van der Waals surface area contributed by atoms with Crippen molar-refractivity contribution in [3.05, 3.63) is 18.0 Å². The van der Waals surface area contributed by atoms with Crippen molar-refractivity contribution >= 4 is 11.6 Å². The van der Waals surface area contributed by atoms with Crippen molar-refractivity contribution in [2.24, 2.45) is 0 Å². The van der Waals surface area contributed by atoms with Crippen molar-refractivity contribution in [3.8, 4) is 0 Å². The molecule has 1 rings (SSSR count). The average Bonchev–Trinajstić information content (AvgIpc) is 2.60. The number of hydrogen-bond acceptors (Lipinski definition) is 2. The van der Waals surface area contributed by atoms with Crippen LogP contribution in [0.15, 0.2) is 12.3 Å². The molecular formula is C8H10ClF3N2O. The second kappa shape index (κ2) is 5.37. The normalized spacial score (nSPS) is 12.0. The highest BCUT2D eigenvalue weighted by molar-refractivity contribution is 6.17. The Kier molecular flexibility index (Phi) is 4.41. The summed E-state index contributed by atoms with van der Waals surface area (Å²) in [6, 6.07) is 0.932. The minimum Gasteiger partial charge on any atom is -0.378 e. The zero-order chi connectivity index (χ0) is 11.3. The van der Waals surface area contributed by atoms with Crippen LogP contribution in [0.3, 0.4) is 0 Å². The van der Waals surface area contributed by atoms with E-state index in [9.17, 15) is 13.2 Å². The van der Waals surface area contributed by atoms with Crippen LogP contribution in [0.1, 0.15) is 5.69 Å². The lowest BCUT2D eigenvalue weighted by Gasteiger charge is -2.03. The van der Waals surface area contributed by atoms with Gasteiger partial charge in [0.1, 0.15) is 0 Å². The molecule has 0 spiro atoms.